The maximum Gasteiger partial charge on any atom is 0.247 e. The second-order valence-corrected chi connectivity index (χ2v) is 9.82. The zero-order valence-corrected chi connectivity index (χ0v) is 20.1. The number of imide groups is 1. The fraction of sp³-hybridized carbons (Fsp3) is 0.179. The van der Waals surface area contributed by atoms with Gasteiger partial charge in [0.2, 0.25) is 24.5 Å². The van der Waals surface area contributed by atoms with E-state index in [-0.39, 0.29) is 18.6 Å². The standard InChI is InChI=1S/C28H20ClN3O5/c29-16-5-7-17(8-6-16)30-26(33)25-23-22(24-19-4-2-1-3-15(19)11-12-31(24)25)27(34)32(28(23)35)18-9-10-20-21(13-18)37-14-36-20/h1-13,22-25H,14H2,(H,30,33). The summed E-state index contributed by atoms with van der Waals surface area (Å²) in [6.45, 7) is 0.0824. The predicted molar refractivity (Wildman–Crippen MR) is 136 cm³/mol. The molecular weight excluding hydrogens is 494 g/mol. The molecule has 0 saturated carbocycles. The number of carbonyl (C=O) groups is 3. The molecule has 9 heteroatoms. The largest absolute Gasteiger partial charge is 0.454 e. The lowest BCUT2D eigenvalue weighted by atomic mass is 9.84. The van der Waals surface area contributed by atoms with Crippen LogP contribution in [0.4, 0.5) is 11.4 Å². The average Bonchev–Trinajstić information content (AvgIpc) is 3.58. The van der Waals surface area contributed by atoms with E-state index in [0.29, 0.717) is 27.9 Å². The third-order valence-electron chi connectivity index (χ3n) is 7.46. The van der Waals surface area contributed by atoms with Crippen molar-refractivity contribution in [1.82, 2.24) is 4.90 Å². The maximum atomic E-state index is 14.0. The lowest BCUT2D eigenvalue weighted by Gasteiger charge is -2.35. The van der Waals surface area contributed by atoms with Crippen molar-refractivity contribution in [2.24, 2.45) is 11.8 Å². The van der Waals surface area contributed by atoms with Gasteiger partial charge in [-0.2, -0.15) is 0 Å². The lowest BCUT2D eigenvalue weighted by molar-refractivity contribution is -0.128. The van der Waals surface area contributed by atoms with Crippen LogP contribution in [0.5, 0.6) is 11.5 Å². The summed E-state index contributed by atoms with van der Waals surface area (Å²) in [6.07, 6.45) is 3.74. The van der Waals surface area contributed by atoms with Gasteiger partial charge in [-0.25, -0.2) is 4.90 Å². The highest BCUT2D eigenvalue weighted by Gasteiger charge is 2.64. The van der Waals surface area contributed by atoms with E-state index in [0.717, 1.165) is 11.1 Å². The van der Waals surface area contributed by atoms with E-state index in [9.17, 15) is 14.4 Å². The van der Waals surface area contributed by atoms with Crippen LogP contribution in [0.25, 0.3) is 6.08 Å². The number of fused-ring (bicyclic) bond motifs is 6. The number of rotatable bonds is 3. The summed E-state index contributed by atoms with van der Waals surface area (Å²) < 4.78 is 10.8. The van der Waals surface area contributed by atoms with Crippen LogP contribution >= 0.6 is 11.6 Å². The molecule has 8 nitrogen and oxygen atoms in total. The maximum absolute atomic E-state index is 14.0. The Labute approximate surface area is 217 Å². The molecule has 184 valence electrons. The quantitative estimate of drug-likeness (QED) is 0.528. The Morgan fingerprint density at radius 3 is 2.51 bits per heavy atom. The number of amides is 3. The monoisotopic (exact) mass is 513 g/mol. The fourth-order valence-corrected chi connectivity index (χ4v) is 6.01. The SMILES string of the molecule is O=C(Nc1ccc(Cl)cc1)C1C2C(=O)N(c3ccc4c(c3)OCO4)C(=O)C2C2c3ccccc3C=CN12. The topological polar surface area (TPSA) is 88.2 Å². The van der Waals surface area contributed by atoms with Crippen molar-refractivity contribution in [3.8, 4) is 11.5 Å². The molecule has 37 heavy (non-hydrogen) atoms. The van der Waals surface area contributed by atoms with Gasteiger partial charge in [-0.15, -0.1) is 0 Å². The van der Waals surface area contributed by atoms with Crippen LogP contribution < -0.4 is 19.7 Å². The second-order valence-electron chi connectivity index (χ2n) is 9.38. The number of hydrogen-bond acceptors (Lipinski definition) is 6. The van der Waals surface area contributed by atoms with E-state index in [2.05, 4.69) is 5.32 Å². The predicted octanol–water partition coefficient (Wildman–Crippen LogP) is 4.22. The van der Waals surface area contributed by atoms with Gasteiger partial charge in [0, 0.05) is 23.0 Å². The molecule has 0 spiro atoms. The summed E-state index contributed by atoms with van der Waals surface area (Å²) in [6, 6.07) is 18.2. The number of benzene rings is 3. The highest BCUT2D eigenvalue weighted by atomic mass is 35.5. The van der Waals surface area contributed by atoms with Gasteiger partial charge in [0.25, 0.3) is 0 Å². The average molecular weight is 514 g/mol. The third kappa shape index (κ3) is 3.25. The molecule has 0 bridgehead atoms. The third-order valence-corrected chi connectivity index (χ3v) is 7.71. The van der Waals surface area contributed by atoms with Crippen molar-refractivity contribution in [2.45, 2.75) is 12.1 Å². The molecular formula is C28H20ClN3O5. The number of carbonyl (C=O) groups excluding carboxylic acids is 3. The van der Waals surface area contributed by atoms with Crippen molar-refractivity contribution in [3.63, 3.8) is 0 Å². The summed E-state index contributed by atoms with van der Waals surface area (Å²) in [4.78, 5) is 44.7. The Bertz CT molecular complexity index is 1500. The summed E-state index contributed by atoms with van der Waals surface area (Å²) in [5.41, 5.74) is 2.83. The molecule has 3 amide bonds. The first-order valence-electron chi connectivity index (χ1n) is 11.9. The Morgan fingerprint density at radius 2 is 1.68 bits per heavy atom. The summed E-state index contributed by atoms with van der Waals surface area (Å²) in [7, 11) is 0. The van der Waals surface area contributed by atoms with Gasteiger partial charge in [-0.05, 0) is 53.6 Å². The highest BCUT2D eigenvalue weighted by Crippen LogP contribution is 2.53. The van der Waals surface area contributed by atoms with Gasteiger partial charge in [-0.1, -0.05) is 35.9 Å². The van der Waals surface area contributed by atoms with Crippen LogP contribution in [-0.2, 0) is 14.4 Å². The van der Waals surface area contributed by atoms with Gasteiger partial charge in [-0.3, -0.25) is 14.4 Å². The molecule has 0 radical (unpaired) electrons. The molecule has 3 aromatic rings. The van der Waals surface area contributed by atoms with Crippen molar-refractivity contribution >= 4 is 46.8 Å². The second kappa shape index (κ2) is 8.11. The molecule has 0 aliphatic carbocycles. The Kier molecular flexibility index (Phi) is 4.81. The molecule has 2 fully saturated rings. The van der Waals surface area contributed by atoms with Gasteiger partial charge in [0.05, 0.1) is 23.6 Å². The Balaban J connectivity index is 1.31. The molecule has 4 aliphatic heterocycles. The van der Waals surface area contributed by atoms with Gasteiger partial charge in [0.15, 0.2) is 11.5 Å². The summed E-state index contributed by atoms with van der Waals surface area (Å²) >= 11 is 6.00. The number of nitrogens with one attached hydrogen (secondary N) is 1. The van der Waals surface area contributed by atoms with E-state index in [1.807, 2.05) is 41.4 Å². The van der Waals surface area contributed by atoms with Crippen molar-refractivity contribution < 1.29 is 23.9 Å². The van der Waals surface area contributed by atoms with Crippen LogP contribution in [0.2, 0.25) is 5.02 Å². The molecule has 7 rings (SSSR count). The molecule has 4 aliphatic rings. The van der Waals surface area contributed by atoms with E-state index < -0.39 is 29.8 Å². The highest BCUT2D eigenvalue weighted by molar-refractivity contribution is 6.30. The van der Waals surface area contributed by atoms with Crippen molar-refractivity contribution in [1.29, 1.82) is 0 Å². The number of halogens is 1. The Morgan fingerprint density at radius 1 is 0.919 bits per heavy atom. The van der Waals surface area contributed by atoms with Crippen LogP contribution in [-0.4, -0.2) is 35.5 Å². The van der Waals surface area contributed by atoms with E-state index in [1.54, 1.807) is 42.5 Å². The minimum Gasteiger partial charge on any atom is -0.454 e. The van der Waals surface area contributed by atoms with Crippen molar-refractivity contribution in [2.75, 3.05) is 17.0 Å². The van der Waals surface area contributed by atoms with Crippen LogP contribution in [0.3, 0.4) is 0 Å². The first-order chi connectivity index (χ1) is 18.0. The zero-order chi connectivity index (χ0) is 25.3. The molecule has 4 atom stereocenters. The minimum atomic E-state index is -0.884. The minimum absolute atomic E-state index is 0.0824. The number of anilines is 2. The smallest absolute Gasteiger partial charge is 0.247 e. The van der Waals surface area contributed by atoms with Crippen LogP contribution in [0.15, 0.2) is 72.9 Å². The van der Waals surface area contributed by atoms with Crippen LogP contribution in [0.1, 0.15) is 17.2 Å². The molecule has 3 aromatic carbocycles. The number of hydrogen-bond donors (Lipinski definition) is 1. The van der Waals surface area contributed by atoms with Crippen molar-refractivity contribution in [3.05, 3.63) is 89.1 Å². The van der Waals surface area contributed by atoms with Gasteiger partial charge < -0.3 is 19.7 Å². The molecule has 4 unspecified atom stereocenters. The lowest BCUT2D eigenvalue weighted by Crippen LogP contribution is -2.46. The zero-order valence-electron chi connectivity index (χ0n) is 19.3. The first-order valence-corrected chi connectivity index (χ1v) is 12.3. The van der Waals surface area contributed by atoms with E-state index in [1.165, 1.54) is 4.90 Å². The number of nitrogens with zero attached hydrogens (tertiary/aromatic N) is 2. The van der Waals surface area contributed by atoms with E-state index in [4.69, 9.17) is 21.1 Å². The normalized spacial score (nSPS) is 24.7. The molecule has 1 N–H and O–H groups in total. The molecule has 2 saturated heterocycles. The van der Waals surface area contributed by atoms with Crippen LogP contribution in [0, 0.1) is 11.8 Å². The molecule has 4 heterocycles. The van der Waals surface area contributed by atoms with Gasteiger partial charge in [0.1, 0.15) is 6.04 Å². The first kappa shape index (κ1) is 21.9. The van der Waals surface area contributed by atoms with E-state index >= 15 is 0 Å². The number of ether oxygens (including phenoxy) is 2. The fourth-order valence-electron chi connectivity index (χ4n) is 5.89. The van der Waals surface area contributed by atoms with Gasteiger partial charge >= 0.3 is 0 Å². The summed E-state index contributed by atoms with van der Waals surface area (Å²) in [5.74, 6) is -1.68. The summed E-state index contributed by atoms with van der Waals surface area (Å²) in [5, 5.41) is 3.46. The Hall–Kier alpha value is -4.30. The molecule has 0 aromatic heterocycles.